The zero-order chi connectivity index (χ0) is 13.5. The summed E-state index contributed by atoms with van der Waals surface area (Å²) in [6.07, 6.45) is 4.04. The molecule has 19 heavy (non-hydrogen) atoms. The molecule has 0 radical (unpaired) electrons. The molecule has 2 rings (SSSR count). The quantitative estimate of drug-likeness (QED) is 0.859. The zero-order valence-electron chi connectivity index (χ0n) is 11.3. The predicted molar refractivity (Wildman–Crippen MR) is 78.5 cm³/mol. The highest BCUT2D eigenvalue weighted by atomic mass is 16.3. The summed E-state index contributed by atoms with van der Waals surface area (Å²) >= 11 is 0. The van der Waals surface area contributed by atoms with Gasteiger partial charge in [-0.15, -0.1) is 0 Å². The molecule has 0 saturated carbocycles. The monoisotopic (exact) mass is 256 g/mol. The number of hydrogen-bond acceptors (Lipinski definition) is 3. The first-order valence-corrected chi connectivity index (χ1v) is 6.73. The molecule has 0 atom stereocenters. The van der Waals surface area contributed by atoms with Crippen LogP contribution in [-0.4, -0.2) is 16.6 Å². The SMILES string of the molecule is CCCCN(c1ccccc1)c1ccnc(CO)c1. The molecule has 3 heteroatoms. The van der Waals surface area contributed by atoms with Gasteiger partial charge in [-0.25, -0.2) is 0 Å². The van der Waals surface area contributed by atoms with Gasteiger partial charge >= 0.3 is 0 Å². The lowest BCUT2D eigenvalue weighted by molar-refractivity contribution is 0.277. The molecule has 2 aromatic rings. The van der Waals surface area contributed by atoms with E-state index in [-0.39, 0.29) is 6.61 Å². The molecule has 0 aliphatic carbocycles. The van der Waals surface area contributed by atoms with Crippen LogP contribution in [0.1, 0.15) is 25.5 Å². The zero-order valence-corrected chi connectivity index (χ0v) is 11.3. The summed E-state index contributed by atoms with van der Waals surface area (Å²) in [5.74, 6) is 0. The Balaban J connectivity index is 2.31. The maximum atomic E-state index is 9.21. The first kappa shape index (κ1) is 13.6. The van der Waals surface area contributed by atoms with Crippen molar-refractivity contribution in [3.8, 4) is 0 Å². The molecular weight excluding hydrogens is 236 g/mol. The predicted octanol–water partition coefficient (Wildman–Crippen LogP) is 3.51. The molecule has 1 aromatic carbocycles. The van der Waals surface area contributed by atoms with Crippen LogP contribution in [0.25, 0.3) is 0 Å². The van der Waals surface area contributed by atoms with Gasteiger partial charge in [0.2, 0.25) is 0 Å². The number of nitrogens with zero attached hydrogens (tertiary/aromatic N) is 2. The molecular formula is C16H20N2O. The molecule has 100 valence electrons. The minimum absolute atomic E-state index is 0.0236. The van der Waals surface area contributed by atoms with Gasteiger partial charge in [0, 0.05) is 24.1 Å². The summed E-state index contributed by atoms with van der Waals surface area (Å²) in [4.78, 5) is 6.41. The molecule has 0 saturated heterocycles. The van der Waals surface area contributed by atoms with Crippen LogP contribution >= 0.6 is 0 Å². The molecule has 0 aliphatic heterocycles. The number of aliphatic hydroxyl groups is 1. The molecule has 0 aliphatic rings. The van der Waals surface area contributed by atoms with Gasteiger partial charge in [0.25, 0.3) is 0 Å². The van der Waals surface area contributed by atoms with Crippen molar-refractivity contribution >= 4 is 11.4 Å². The van der Waals surface area contributed by atoms with Crippen LogP contribution in [0.2, 0.25) is 0 Å². The minimum Gasteiger partial charge on any atom is -0.390 e. The van der Waals surface area contributed by atoms with Gasteiger partial charge in [0.1, 0.15) is 0 Å². The Morgan fingerprint density at radius 2 is 1.89 bits per heavy atom. The fourth-order valence-electron chi connectivity index (χ4n) is 2.05. The van der Waals surface area contributed by atoms with E-state index in [1.165, 1.54) is 5.69 Å². The van der Waals surface area contributed by atoms with Crippen molar-refractivity contribution in [1.29, 1.82) is 0 Å². The van der Waals surface area contributed by atoms with Gasteiger partial charge in [-0.1, -0.05) is 31.5 Å². The van der Waals surface area contributed by atoms with E-state index in [1.807, 2.05) is 30.3 Å². The van der Waals surface area contributed by atoms with E-state index >= 15 is 0 Å². The van der Waals surface area contributed by atoms with Gasteiger partial charge in [-0.3, -0.25) is 4.98 Å². The van der Waals surface area contributed by atoms with Gasteiger partial charge in [-0.05, 0) is 30.7 Å². The highest BCUT2D eigenvalue weighted by molar-refractivity contribution is 5.63. The standard InChI is InChI=1S/C16H20N2O/c1-2-3-11-18(15-7-5-4-6-8-15)16-9-10-17-14(12-16)13-19/h4-10,12,19H,2-3,11,13H2,1H3. The smallest absolute Gasteiger partial charge is 0.0853 e. The van der Waals surface area contributed by atoms with E-state index in [9.17, 15) is 5.11 Å². The van der Waals surface area contributed by atoms with Crippen molar-refractivity contribution < 1.29 is 5.11 Å². The van der Waals surface area contributed by atoms with Crippen molar-refractivity contribution in [3.63, 3.8) is 0 Å². The van der Waals surface area contributed by atoms with E-state index in [0.717, 1.165) is 25.1 Å². The molecule has 0 fully saturated rings. The van der Waals surface area contributed by atoms with Crippen LogP contribution in [0, 0.1) is 0 Å². The molecule has 0 bridgehead atoms. The van der Waals surface area contributed by atoms with E-state index in [1.54, 1.807) is 6.20 Å². The lowest BCUT2D eigenvalue weighted by Gasteiger charge is -2.25. The minimum atomic E-state index is -0.0236. The van der Waals surface area contributed by atoms with Gasteiger partial charge in [0.15, 0.2) is 0 Å². The van der Waals surface area contributed by atoms with Gasteiger partial charge in [-0.2, -0.15) is 0 Å². The van der Waals surface area contributed by atoms with Gasteiger partial charge < -0.3 is 10.0 Å². The number of hydrogen-bond donors (Lipinski definition) is 1. The topological polar surface area (TPSA) is 36.4 Å². The van der Waals surface area contributed by atoms with Crippen molar-refractivity contribution in [1.82, 2.24) is 4.98 Å². The largest absolute Gasteiger partial charge is 0.390 e. The molecule has 0 spiro atoms. The molecule has 1 N–H and O–H groups in total. The Morgan fingerprint density at radius 1 is 1.11 bits per heavy atom. The van der Waals surface area contributed by atoms with Crippen molar-refractivity contribution in [3.05, 3.63) is 54.4 Å². The third-order valence-electron chi connectivity index (χ3n) is 3.08. The molecule has 1 heterocycles. The number of aliphatic hydroxyl groups excluding tert-OH is 1. The van der Waals surface area contributed by atoms with Crippen molar-refractivity contribution in [2.75, 3.05) is 11.4 Å². The van der Waals surface area contributed by atoms with E-state index in [0.29, 0.717) is 5.69 Å². The second-order valence-electron chi connectivity index (χ2n) is 4.50. The second kappa shape index (κ2) is 6.90. The van der Waals surface area contributed by atoms with E-state index < -0.39 is 0 Å². The van der Waals surface area contributed by atoms with Crippen molar-refractivity contribution in [2.45, 2.75) is 26.4 Å². The summed E-state index contributed by atoms with van der Waals surface area (Å²) in [6, 6.07) is 14.3. The van der Waals surface area contributed by atoms with Crippen molar-refractivity contribution in [2.24, 2.45) is 0 Å². The normalized spacial score (nSPS) is 10.4. The number of unbranched alkanes of at least 4 members (excludes halogenated alkanes) is 1. The van der Waals surface area contributed by atoms with Crippen LogP contribution in [-0.2, 0) is 6.61 Å². The fraction of sp³-hybridized carbons (Fsp3) is 0.312. The molecule has 3 nitrogen and oxygen atoms in total. The molecule has 0 unspecified atom stereocenters. The average molecular weight is 256 g/mol. The first-order chi connectivity index (χ1) is 9.35. The number of benzene rings is 1. The lowest BCUT2D eigenvalue weighted by atomic mass is 10.2. The number of anilines is 2. The summed E-state index contributed by atoms with van der Waals surface area (Å²) in [5.41, 5.74) is 2.96. The lowest BCUT2D eigenvalue weighted by Crippen LogP contribution is -2.18. The van der Waals surface area contributed by atoms with Crippen LogP contribution < -0.4 is 4.90 Å². The summed E-state index contributed by atoms with van der Waals surface area (Å²) in [5, 5.41) is 9.21. The summed E-state index contributed by atoms with van der Waals surface area (Å²) < 4.78 is 0. The van der Waals surface area contributed by atoms with Gasteiger partial charge in [0.05, 0.1) is 12.3 Å². The Labute approximate surface area is 114 Å². The van der Waals surface area contributed by atoms with Crippen LogP contribution in [0.4, 0.5) is 11.4 Å². The fourth-order valence-corrected chi connectivity index (χ4v) is 2.05. The van der Waals surface area contributed by atoms with E-state index in [2.05, 4.69) is 28.9 Å². The highest BCUT2D eigenvalue weighted by Gasteiger charge is 2.09. The highest BCUT2D eigenvalue weighted by Crippen LogP contribution is 2.25. The number of rotatable bonds is 6. The van der Waals surface area contributed by atoms with Crippen LogP contribution in [0.15, 0.2) is 48.7 Å². The Morgan fingerprint density at radius 3 is 2.58 bits per heavy atom. The second-order valence-corrected chi connectivity index (χ2v) is 4.50. The Kier molecular flexibility index (Phi) is 4.93. The number of aromatic nitrogens is 1. The maximum Gasteiger partial charge on any atom is 0.0853 e. The number of pyridine rings is 1. The third kappa shape index (κ3) is 3.55. The molecule has 1 aromatic heterocycles. The Hall–Kier alpha value is -1.87. The van der Waals surface area contributed by atoms with E-state index in [4.69, 9.17) is 0 Å². The van der Waals surface area contributed by atoms with Crippen LogP contribution in [0.3, 0.4) is 0 Å². The van der Waals surface area contributed by atoms with Crippen LogP contribution in [0.5, 0.6) is 0 Å². The molecule has 0 amide bonds. The summed E-state index contributed by atoms with van der Waals surface area (Å²) in [7, 11) is 0. The average Bonchev–Trinajstić information content (AvgIpc) is 2.49. The summed E-state index contributed by atoms with van der Waals surface area (Å²) in [6.45, 7) is 3.13. The Bertz CT molecular complexity index is 499. The third-order valence-corrected chi connectivity index (χ3v) is 3.08. The number of para-hydroxylation sites is 1. The first-order valence-electron chi connectivity index (χ1n) is 6.73. The maximum absolute atomic E-state index is 9.21.